The zero-order valence-electron chi connectivity index (χ0n) is 17.0. The number of benzene rings is 1. The molecule has 9 nitrogen and oxygen atoms in total. The minimum atomic E-state index is -3.54. The number of piperidine rings is 1. The number of carbonyl (C=O) groups excluding carboxylic acids is 1. The number of nitrogens with zero attached hydrogens (tertiary/aromatic N) is 3. The highest BCUT2D eigenvalue weighted by molar-refractivity contribution is 7.90. The average Bonchev–Trinajstić information content (AvgIpc) is 3.44. The van der Waals surface area contributed by atoms with Gasteiger partial charge in [0.15, 0.2) is 15.6 Å². The van der Waals surface area contributed by atoms with Gasteiger partial charge in [0.2, 0.25) is 17.5 Å². The van der Waals surface area contributed by atoms with Crippen molar-refractivity contribution in [2.45, 2.75) is 17.7 Å². The summed E-state index contributed by atoms with van der Waals surface area (Å²) in [6, 6.07) is 8.64. The molecule has 0 spiro atoms. The molecule has 32 heavy (non-hydrogen) atoms. The lowest BCUT2D eigenvalue weighted by Gasteiger charge is -2.31. The summed E-state index contributed by atoms with van der Waals surface area (Å²) in [6.45, 7) is 0.844. The molecule has 1 N–H and O–H groups in total. The predicted octanol–water partition coefficient (Wildman–Crippen LogP) is 3.20. The number of oxazole rings is 1. The number of sulfone groups is 1. The van der Waals surface area contributed by atoms with E-state index >= 15 is 0 Å². The number of hydrogen-bond acceptors (Lipinski definition) is 8. The minimum Gasteiger partial charge on any atom is -0.459 e. The van der Waals surface area contributed by atoms with Gasteiger partial charge in [-0.3, -0.25) is 4.79 Å². The Morgan fingerprint density at radius 1 is 1.31 bits per heavy atom. The van der Waals surface area contributed by atoms with Crippen molar-refractivity contribution in [3.63, 3.8) is 0 Å². The first-order valence-corrected chi connectivity index (χ1v) is 11.7. The lowest BCUT2D eigenvalue weighted by molar-refractivity contribution is -0.120. The third kappa shape index (κ3) is 4.36. The summed E-state index contributed by atoms with van der Waals surface area (Å²) in [5.74, 6) is -0.615. The van der Waals surface area contributed by atoms with Crippen molar-refractivity contribution in [2.24, 2.45) is 5.92 Å². The number of halogens is 1. The standard InChI is InChI=1S/C21H19FN4O5S/c1-32(28,29)14-4-5-15(22)16(11-14)24-19(27)13-6-8-26(9-7-13)21-17(12-23)25-20(31-21)18-3-2-10-30-18/h2-5,10-11,13H,6-9H2,1H3,(H,24,27). The van der Waals surface area contributed by atoms with Gasteiger partial charge in [-0.15, -0.1) is 0 Å². The van der Waals surface area contributed by atoms with Gasteiger partial charge in [-0.25, -0.2) is 12.8 Å². The van der Waals surface area contributed by atoms with Crippen LogP contribution in [0.25, 0.3) is 11.7 Å². The van der Waals surface area contributed by atoms with Crippen LogP contribution in [0.5, 0.6) is 0 Å². The predicted molar refractivity (Wildman–Crippen MR) is 112 cm³/mol. The molecule has 4 rings (SSSR count). The molecular weight excluding hydrogens is 439 g/mol. The fourth-order valence-corrected chi connectivity index (χ4v) is 4.16. The Bertz CT molecular complexity index is 1290. The summed E-state index contributed by atoms with van der Waals surface area (Å²) in [6.07, 6.45) is 3.35. The van der Waals surface area contributed by atoms with Crippen molar-refractivity contribution in [2.75, 3.05) is 29.6 Å². The van der Waals surface area contributed by atoms with Gasteiger partial charge in [0.05, 0.1) is 16.8 Å². The van der Waals surface area contributed by atoms with Crippen molar-refractivity contribution >= 4 is 27.3 Å². The molecular formula is C21H19FN4O5S. The van der Waals surface area contributed by atoms with Crippen LogP contribution in [-0.4, -0.2) is 38.7 Å². The molecule has 0 radical (unpaired) electrons. The quantitative estimate of drug-likeness (QED) is 0.577. The molecule has 0 unspecified atom stereocenters. The first kappa shape index (κ1) is 21.6. The number of nitriles is 1. The number of furan rings is 1. The minimum absolute atomic E-state index is 0.0780. The van der Waals surface area contributed by atoms with E-state index in [4.69, 9.17) is 8.83 Å². The molecule has 1 saturated heterocycles. The number of anilines is 2. The van der Waals surface area contributed by atoms with Crippen molar-refractivity contribution in [1.82, 2.24) is 4.98 Å². The van der Waals surface area contributed by atoms with Gasteiger partial charge in [-0.1, -0.05) is 0 Å². The molecule has 1 aliphatic rings. The number of carbonyl (C=O) groups is 1. The van der Waals surface area contributed by atoms with Crippen LogP contribution >= 0.6 is 0 Å². The monoisotopic (exact) mass is 458 g/mol. The van der Waals surface area contributed by atoms with E-state index in [1.54, 1.807) is 12.1 Å². The van der Waals surface area contributed by atoms with Crippen LogP contribution in [-0.2, 0) is 14.6 Å². The third-order valence-corrected chi connectivity index (χ3v) is 6.33. The van der Waals surface area contributed by atoms with Crippen LogP contribution in [0, 0.1) is 23.1 Å². The summed E-state index contributed by atoms with van der Waals surface area (Å²) >= 11 is 0. The smallest absolute Gasteiger partial charge is 0.266 e. The lowest BCUT2D eigenvalue weighted by Crippen LogP contribution is -2.38. The van der Waals surface area contributed by atoms with E-state index < -0.39 is 27.5 Å². The van der Waals surface area contributed by atoms with Gasteiger partial charge < -0.3 is 19.1 Å². The highest BCUT2D eigenvalue weighted by atomic mass is 32.2. The number of hydrogen-bond donors (Lipinski definition) is 1. The van der Waals surface area contributed by atoms with Crippen LogP contribution in [0.2, 0.25) is 0 Å². The Labute approximate surface area is 183 Å². The summed E-state index contributed by atoms with van der Waals surface area (Å²) < 4.78 is 48.5. The Kier molecular flexibility index (Phi) is 5.71. The summed E-state index contributed by atoms with van der Waals surface area (Å²) in [7, 11) is -3.54. The van der Waals surface area contributed by atoms with Gasteiger partial charge in [0.1, 0.15) is 11.9 Å². The van der Waals surface area contributed by atoms with Crippen molar-refractivity contribution in [3.05, 3.63) is 48.1 Å². The van der Waals surface area contributed by atoms with Crippen molar-refractivity contribution < 1.29 is 26.4 Å². The maximum atomic E-state index is 14.1. The van der Waals surface area contributed by atoms with Crippen molar-refractivity contribution in [3.8, 4) is 17.7 Å². The average molecular weight is 458 g/mol. The van der Waals surface area contributed by atoms with Gasteiger partial charge in [0, 0.05) is 25.3 Å². The Morgan fingerprint density at radius 3 is 2.69 bits per heavy atom. The molecule has 11 heteroatoms. The van der Waals surface area contributed by atoms with E-state index in [2.05, 4.69) is 10.3 Å². The molecule has 166 valence electrons. The topological polar surface area (TPSA) is 129 Å². The first-order chi connectivity index (χ1) is 15.3. The Morgan fingerprint density at radius 2 is 2.06 bits per heavy atom. The molecule has 0 aliphatic carbocycles. The summed E-state index contributed by atoms with van der Waals surface area (Å²) in [4.78, 5) is 18.6. The highest BCUT2D eigenvalue weighted by Crippen LogP contribution is 2.31. The van der Waals surface area contributed by atoms with E-state index in [0.717, 1.165) is 24.5 Å². The van der Waals surface area contributed by atoms with Gasteiger partial charge in [-0.05, 0) is 43.2 Å². The van der Waals surface area contributed by atoms with Crippen LogP contribution < -0.4 is 10.2 Å². The van der Waals surface area contributed by atoms with Gasteiger partial charge in [0.25, 0.3) is 5.89 Å². The summed E-state index contributed by atoms with van der Waals surface area (Å²) in [5, 5.41) is 11.9. The number of amides is 1. The second-order valence-corrected chi connectivity index (χ2v) is 9.44. The second-order valence-electron chi connectivity index (χ2n) is 7.43. The maximum Gasteiger partial charge on any atom is 0.266 e. The fraction of sp³-hybridized carbons (Fsp3) is 0.286. The molecule has 3 heterocycles. The van der Waals surface area contributed by atoms with E-state index in [-0.39, 0.29) is 22.2 Å². The highest BCUT2D eigenvalue weighted by Gasteiger charge is 2.30. The van der Waals surface area contributed by atoms with Crippen LogP contribution in [0.3, 0.4) is 0 Å². The maximum absolute atomic E-state index is 14.1. The zero-order valence-corrected chi connectivity index (χ0v) is 17.9. The van der Waals surface area contributed by atoms with Gasteiger partial charge >= 0.3 is 0 Å². The van der Waals surface area contributed by atoms with E-state index in [1.807, 2.05) is 11.0 Å². The normalized spacial score (nSPS) is 14.8. The molecule has 1 amide bonds. The fourth-order valence-electron chi connectivity index (χ4n) is 3.52. The zero-order chi connectivity index (χ0) is 22.9. The van der Waals surface area contributed by atoms with Crippen LogP contribution in [0.4, 0.5) is 16.0 Å². The third-order valence-electron chi connectivity index (χ3n) is 5.22. The summed E-state index contributed by atoms with van der Waals surface area (Å²) in [5.41, 5.74) is -0.0515. The van der Waals surface area contributed by atoms with Gasteiger partial charge in [-0.2, -0.15) is 10.2 Å². The SMILES string of the molecule is CS(=O)(=O)c1ccc(F)c(NC(=O)C2CCN(c3oc(-c4ccco4)nc3C#N)CC2)c1. The lowest BCUT2D eigenvalue weighted by atomic mass is 9.96. The molecule has 0 saturated carbocycles. The molecule has 0 atom stereocenters. The van der Waals surface area contributed by atoms with E-state index in [9.17, 15) is 22.9 Å². The first-order valence-electron chi connectivity index (χ1n) is 9.76. The molecule has 1 fully saturated rings. The molecule has 2 aromatic heterocycles. The number of aromatic nitrogens is 1. The Balaban J connectivity index is 1.44. The second kappa shape index (κ2) is 8.47. The molecule has 1 aromatic carbocycles. The van der Waals surface area contributed by atoms with E-state index in [1.165, 1.54) is 6.26 Å². The van der Waals surface area contributed by atoms with Crippen LogP contribution in [0.1, 0.15) is 18.5 Å². The largest absolute Gasteiger partial charge is 0.459 e. The number of rotatable bonds is 5. The number of nitrogens with one attached hydrogen (secondary N) is 1. The van der Waals surface area contributed by atoms with Crippen LogP contribution in [0.15, 0.2) is 50.3 Å². The molecule has 0 bridgehead atoms. The molecule has 1 aliphatic heterocycles. The Hall–Kier alpha value is -3.65. The van der Waals surface area contributed by atoms with E-state index in [0.29, 0.717) is 37.6 Å². The van der Waals surface area contributed by atoms with Crippen molar-refractivity contribution in [1.29, 1.82) is 5.26 Å². The molecule has 3 aromatic rings.